The fourth-order valence-electron chi connectivity index (χ4n) is 4.00. The van der Waals surface area contributed by atoms with Gasteiger partial charge in [-0.2, -0.15) is 0 Å². The van der Waals surface area contributed by atoms with Gasteiger partial charge in [0.1, 0.15) is 0 Å². The van der Waals surface area contributed by atoms with Gasteiger partial charge in [-0.05, 0) is 43.2 Å². The van der Waals surface area contributed by atoms with Crippen LogP contribution in [-0.4, -0.2) is 55.1 Å². The smallest absolute Gasteiger partial charge is 0.197 e. The largest absolute Gasteiger partial charge is 0.368 e. The lowest BCUT2D eigenvalue weighted by atomic mass is 10.1. The van der Waals surface area contributed by atoms with Crippen LogP contribution < -0.4 is 15.1 Å². The van der Waals surface area contributed by atoms with Gasteiger partial charge in [0.05, 0.1) is 11.9 Å². The maximum atomic E-state index is 11.2. The monoisotopic (exact) mass is 403 g/mol. The second-order valence-corrected chi connectivity index (χ2v) is 7.98. The van der Waals surface area contributed by atoms with E-state index in [1.165, 1.54) is 11.3 Å². The van der Waals surface area contributed by atoms with E-state index < -0.39 is 0 Å². The number of carbonyl (C=O) groups excluding carboxylic acids is 1. The van der Waals surface area contributed by atoms with Gasteiger partial charge in [-0.25, -0.2) is 4.79 Å². The SMILES string of the molecule is C=C1CCN(c2ccc(CCN3CCN(c4ccc(C)nc4)CC3)cc2)C(=C=O)N1. The van der Waals surface area contributed by atoms with Crippen LogP contribution in [0.3, 0.4) is 0 Å². The van der Waals surface area contributed by atoms with Crippen molar-refractivity contribution in [1.82, 2.24) is 15.2 Å². The molecule has 2 saturated heterocycles. The minimum absolute atomic E-state index is 0.445. The molecule has 2 aromatic rings. The van der Waals surface area contributed by atoms with Gasteiger partial charge >= 0.3 is 0 Å². The van der Waals surface area contributed by atoms with Crippen molar-refractivity contribution in [3.8, 4) is 0 Å². The molecule has 1 aromatic carbocycles. The van der Waals surface area contributed by atoms with Crippen molar-refractivity contribution in [1.29, 1.82) is 0 Å². The number of pyridine rings is 1. The fraction of sp³-hybridized carbons (Fsp3) is 0.375. The number of rotatable bonds is 5. The van der Waals surface area contributed by atoms with Gasteiger partial charge in [0, 0.05) is 62.8 Å². The van der Waals surface area contributed by atoms with Crippen LogP contribution in [0.1, 0.15) is 17.7 Å². The van der Waals surface area contributed by atoms with Crippen LogP contribution in [0.15, 0.2) is 60.7 Å². The summed E-state index contributed by atoms with van der Waals surface area (Å²) >= 11 is 0. The third kappa shape index (κ3) is 4.73. The maximum Gasteiger partial charge on any atom is 0.197 e. The molecule has 0 atom stereocenters. The number of hydrogen-bond donors (Lipinski definition) is 1. The highest BCUT2D eigenvalue weighted by molar-refractivity contribution is 5.65. The van der Waals surface area contributed by atoms with E-state index >= 15 is 0 Å². The molecule has 0 aliphatic carbocycles. The van der Waals surface area contributed by atoms with Crippen molar-refractivity contribution >= 4 is 17.3 Å². The lowest BCUT2D eigenvalue weighted by molar-refractivity contribution is 0.261. The number of nitrogens with one attached hydrogen (secondary N) is 1. The Morgan fingerprint density at radius 3 is 2.43 bits per heavy atom. The average Bonchev–Trinajstić information content (AvgIpc) is 2.79. The van der Waals surface area contributed by atoms with E-state index in [1.54, 1.807) is 0 Å². The molecule has 30 heavy (non-hydrogen) atoms. The zero-order valence-electron chi connectivity index (χ0n) is 17.6. The number of hydrogen-bond acceptors (Lipinski definition) is 6. The Hall–Kier alpha value is -3.08. The highest BCUT2D eigenvalue weighted by Gasteiger charge is 2.20. The summed E-state index contributed by atoms with van der Waals surface area (Å²) < 4.78 is 0. The molecule has 0 radical (unpaired) electrons. The molecule has 6 nitrogen and oxygen atoms in total. The lowest BCUT2D eigenvalue weighted by Crippen LogP contribution is -2.47. The predicted octanol–water partition coefficient (Wildman–Crippen LogP) is 2.74. The highest BCUT2D eigenvalue weighted by atomic mass is 16.1. The minimum Gasteiger partial charge on any atom is -0.368 e. The van der Waals surface area contributed by atoms with Crippen LogP contribution in [0.5, 0.6) is 0 Å². The second-order valence-electron chi connectivity index (χ2n) is 7.98. The molecule has 3 heterocycles. The van der Waals surface area contributed by atoms with Crippen molar-refractivity contribution in [3.63, 3.8) is 0 Å². The third-order valence-electron chi connectivity index (χ3n) is 5.90. The van der Waals surface area contributed by atoms with Crippen molar-refractivity contribution < 1.29 is 4.79 Å². The van der Waals surface area contributed by atoms with E-state index in [9.17, 15) is 4.79 Å². The Kier molecular flexibility index (Phi) is 6.17. The molecule has 4 rings (SSSR count). The number of benzene rings is 1. The predicted molar refractivity (Wildman–Crippen MR) is 121 cm³/mol. The molecular formula is C24H29N5O. The number of piperazine rings is 1. The molecule has 6 heteroatoms. The van der Waals surface area contributed by atoms with Crippen molar-refractivity contribution in [3.05, 3.63) is 71.9 Å². The molecule has 2 aliphatic rings. The first-order chi connectivity index (χ1) is 14.6. The number of nitrogens with zero attached hydrogens (tertiary/aromatic N) is 4. The van der Waals surface area contributed by atoms with E-state index in [0.29, 0.717) is 5.82 Å². The van der Waals surface area contributed by atoms with E-state index in [1.807, 2.05) is 24.0 Å². The third-order valence-corrected chi connectivity index (χ3v) is 5.90. The van der Waals surface area contributed by atoms with Crippen LogP contribution in [0, 0.1) is 6.92 Å². The summed E-state index contributed by atoms with van der Waals surface area (Å²) in [6.45, 7) is 12.0. The number of aryl methyl sites for hydroxylation is 1. The molecular weight excluding hydrogens is 374 g/mol. The Morgan fingerprint density at radius 1 is 1.03 bits per heavy atom. The standard InChI is InChI=1S/C24H29N5O/c1-19-3-6-23(17-25-19)28-15-13-27(14-16-28)11-10-21-4-7-22(8-5-21)29-12-9-20(2)26-24(29)18-30/h3-8,17,26H,2,9-16H2,1H3. The first-order valence-corrected chi connectivity index (χ1v) is 10.6. The zero-order chi connectivity index (χ0) is 20.9. The molecule has 2 fully saturated rings. The van der Waals surface area contributed by atoms with Crippen LogP contribution in [-0.2, 0) is 11.2 Å². The normalized spacial score (nSPS) is 17.6. The summed E-state index contributed by atoms with van der Waals surface area (Å²) in [5.41, 5.74) is 5.46. The van der Waals surface area contributed by atoms with E-state index in [-0.39, 0.29) is 0 Å². The molecule has 0 bridgehead atoms. The van der Waals surface area contributed by atoms with Gasteiger partial charge in [-0.1, -0.05) is 18.7 Å². The summed E-state index contributed by atoms with van der Waals surface area (Å²) in [6.07, 6.45) is 3.82. The van der Waals surface area contributed by atoms with E-state index in [4.69, 9.17) is 0 Å². The second kappa shape index (κ2) is 9.16. The zero-order valence-corrected chi connectivity index (χ0v) is 17.6. The maximum absolute atomic E-state index is 11.2. The van der Waals surface area contributed by atoms with Crippen LogP contribution in [0.4, 0.5) is 11.4 Å². The highest BCUT2D eigenvalue weighted by Crippen LogP contribution is 2.23. The molecule has 1 N–H and O–H groups in total. The lowest BCUT2D eigenvalue weighted by Gasteiger charge is -2.36. The van der Waals surface area contributed by atoms with E-state index in [0.717, 1.165) is 69.2 Å². The first-order valence-electron chi connectivity index (χ1n) is 10.6. The molecule has 156 valence electrons. The van der Waals surface area contributed by atoms with Crippen LogP contribution in [0.2, 0.25) is 0 Å². The van der Waals surface area contributed by atoms with Gasteiger partial charge in [-0.15, -0.1) is 0 Å². The molecule has 1 aromatic heterocycles. The summed E-state index contributed by atoms with van der Waals surface area (Å²) in [5.74, 6) is 2.43. The summed E-state index contributed by atoms with van der Waals surface area (Å²) in [6, 6.07) is 12.7. The van der Waals surface area contributed by atoms with Gasteiger partial charge in [0.15, 0.2) is 11.8 Å². The van der Waals surface area contributed by atoms with Crippen LogP contribution >= 0.6 is 0 Å². The quantitative estimate of drug-likeness (QED) is 0.775. The van der Waals surface area contributed by atoms with Crippen LogP contribution in [0.25, 0.3) is 0 Å². The Balaban J connectivity index is 1.27. The van der Waals surface area contributed by atoms with E-state index in [2.05, 4.69) is 63.1 Å². The van der Waals surface area contributed by atoms with Crippen molar-refractivity contribution in [2.45, 2.75) is 19.8 Å². The molecule has 0 unspecified atom stereocenters. The minimum atomic E-state index is 0.445. The van der Waals surface area contributed by atoms with Gasteiger partial charge < -0.3 is 15.1 Å². The Bertz CT molecular complexity index is 923. The molecule has 0 saturated carbocycles. The summed E-state index contributed by atoms with van der Waals surface area (Å²) in [7, 11) is 0. The summed E-state index contributed by atoms with van der Waals surface area (Å²) in [5, 5.41) is 3.03. The van der Waals surface area contributed by atoms with Gasteiger partial charge in [-0.3, -0.25) is 9.88 Å². The van der Waals surface area contributed by atoms with Crippen molar-refractivity contribution in [2.24, 2.45) is 0 Å². The first kappa shape index (κ1) is 20.2. The number of aromatic nitrogens is 1. The summed E-state index contributed by atoms with van der Waals surface area (Å²) in [4.78, 5) is 22.6. The van der Waals surface area contributed by atoms with Gasteiger partial charge in [0.2, 0.25) is 0 Å². The van der Waals surface area contributed by atoms with Gasteiger partial charge in [0.25, 0.3) is 0 Å². The Morgan fingerprint density at radius 2 is 1.77 bits per heavy atom. The topological polar surface area (TPSA) is 51.7 Å². The molecule has 2 aliphatic heterocycles. The average molecular weight is 404 g/mol. The molecule has 0 amide bonds. The van der Waals surface area contributed by atoms with Crippen molar-refractivity contribution in [2.75, 3.05) is 49.1 Å². The molecule has 0 spiro atoms. The Labute approximate surface area is 178 Å². The fourth-order valence-corrected chi connectivity index (χ4v) is 4.00. The number of anilines is 2.